The summed E-state index contributed by atoms with van der Waals surface area (Å²) in [5, 5.41) is 13.8. The third kappa shape index (κ3) is 3.95. The maximum absolute atomic E-state index is 5.59. The lowest BCUT2D eigenvalue weighted by atomic mass is 9.95. The Kier molecular flexibility index (Phi) is 5.08. The summed E-state index contributed by atoms with van der Waals surface area (Å²) in [6, 6.07) is 4.23. The minimum absolute atomic E-state index is 0.124. The average Bonchev–Trinajstić information content (AvgIpc) is 3.39. The van der Waals surface area contributed by atoms with Crippen LogP contribution in [0.4, 0.5) is 0 Å². The van der Waals surface area contributed by atoms with E-state index in [-0.39, 0.29) is 5.41 Å². The fraction of sp³-hybridized carbons (Fsp3) is 0.579. The molecule has 0 spiro atoms. The van der Waals surface area contributed by atoms with Crippen molar-refractivity contribution in [2.24, 2.45) is 0 Å². The van der Waals surface area contributed by atoms with Gasteiger partial charge in [-0.3, -0.25) is 4.57 Å². The molecule has 1 aliphatic rings. The molecule has 144 valence electrons. The third-order valence-electron chi connectivity index (χ3n) is 4.81. The van der Waals surface area contributed by atoms with Crippen LogP contribution in [0.2, 0.25) is 0 Å². The normalized spacial score (nSPS) is 16.1. The third-order valence-corrected chi connectivity index (χ3v) is 5.74. The molecule has 7 nitrogen and oxygen atoms in total. The molecule has 1 saturated carbocycles. The molecule has 0 atom stereocenters. The van der Waals surface area contributed by atoms with Crippen LogP contribution in [0.5, 0.6) is 0 Å². The van der Waals surface area contributed by atoms with Crippen LogP contribution in [0.15, 0.2) is 32.5 Å². The Balaban J connectivity index is 1.57. The van der Waals surface area contributed by atoms with Crippen LogP contribution >= 0.6 is 11.8 Å². The number of rotatable bonds is 5. The molecule has 0 N–H and O–H groups in total. The van der Waals surface area contributed by atoms with Gasteiger partial charge < -0.3 is 8.94 Å². The van der Waals surface area contributed by atoms with Crippen molar-refractivity contribution in [1.82, 2.24) is 24.9 Å². The summed E-state index contributed by atoms with van der Waals surface area (Å²) >= 11 is 1.59. The van der Waals surface area contributed by atoms with Crippen molar-refractivity contribution in [3.63, 3.8) is 0 Å². The molecule has 0 unspecified atom stereocenters. The molecule has 1 fully saturated rings. The van der Waals surface area contributed by atoms with Gasteiger partial charge in [-0.2, -0.15) is 4.98 Å². The van der Waals surface area contributed by atoms with E-state index in [1.807, 2.05) is 12.1 Å². The number of nitrogens with zero attached hydrogens (tertiary/aromatic N) is 5. The summed E-state index contributed by atoms with van der Waals surface area (Å²) < 4.78 is 13.3. The van der Waals surface area contributed by atoms with Crippen molar-refractivity contribution in [3.8, 4) is 11.6 Å². The zero-order valence-electron chi connectivity index (χ0n) is 16.0. The second kappa shape index (κ2) is 7.50. The van der Waals surface area contributed by atoms with E-state index in [9.17, 15) is 0 Å². The molecule has 0 amide bonds. The standard InChI is InChI=1S/C19H25N5O2S/c1-19(2,3)17-20-15(26-23-17)12-27-18-22-21-16(14-10-7-11-25-14)24(18)13-8-5-4-6-9-13/h7,10-11,13H,4-6,8-9,12H2,1-3H3. The fourth-order valence-corrected chi connectivity index (χ4v) is 4.21. The lowest BCUT2D eigenvalue weighted by Gasteiger charge is -2.25. The topological polar surface area (TPSA) is 82.8 Å². The predicted octanol–water partition coefficient (Wildman–Crippen LogP) is 5.02. The van der Waals surface area contributed by atoms with E-state index < -0.39 is 0 Å². The van der Waals surface area contributed by atoms with Crippen molar-refractivity contribution in [2.75, 3.05) is 0 Å². The van der Waals surface area contributed by atoms with Crippen molar-refractivity contribution >= 4 is 11.8 Å². The summed E-state index contributed by atoms with van der Waals surface area (Å²) in [5.41, 5.74) is -0.124. The molecule has 3 aromatic heterocycles. The highest BCUT2D eigenvalue weighted by Gasteiger charge is 2.26. The molecule has 4 rings (SSSR count). The van der Waals surface area contributed by atoms with Crippen molar-refractivity contribution < 1.29 is 8.94 Å². The second-order valence-electron chi connectivity index (χ2n) is 8.00. The smallest absolute Gasteiger partial charge is 0.237 e. The van der Waals surface area contributed by atoms with Gasteiger partial charge in [0.15, 0.2) is 16.7 Å². The van der Waals surface area contributed by atoms with E-state index in [1.165, 1.54) is 19.3 Å². The summed E-state index contributed by atoms with van der Waals surface area (Å²) in [6.07, 6.45) is 7.75. The Hall–Kier alpha value is -2.09. The molecule has 8 heteroatoms. The molecule has 0 bridgehead atoms. The largest absolute Gasteiger partial charge is 0.461 e. The Morgan fingerprint density at radius 2 is 2.00 bits per heavy atom. The highest BCUT2D eigenvalue weighted by molar-refractivity contribution is 7.98. The zero-order valence-corrected chi connectivity index (χ0v) is 16.8. The van der Waals surface area contributed by atoms with Crippen molar-refractivity contribution in [3.05, 3.63) is 30.1 Å². The minimum atomic E-state index is -0.124. The lowest BCUT2D eigenvalue weighted by Crippen LogP contribution is -2.15. The van der Waals surface area contributed by atoms with E-state index in [2.05, 4.69) is 45.7 Å². The van der Waals surface area contributed by atoms with Crippen LogP contribution < -0.4 is 0 Å². The summed E-state index contributed by atoms with van der Waals surface area (Å²) in [7, 11) is 0. The lowest BCUT2D eigenvalue weighted by molar-refractivity contribution is 0.337. The van der Waals surface area contributed by atoms with E-state index in [4.69, 9.17) is 8.94 Å². The number of furan rings is 1. The Bertz CT molecular complexity index is 872. The molecular weight excluding hydrogens is 362 g/mol. The molecule has 1 aliphatic carbocycles. The Morgan fingerprint density at radius 1 is 1.19 bits per heavy atom. The molecule has 3 heterocycles. The van der Waals surface area contributed by atoms with Crippen LogP contribution in [0.1, 0.15) is 70.6 Å². The molecule has 27 heavy (non-hydrogen) atoms. The van der Waals surface area contributed by atoms with Gasteiger partial charge in [0, 0.05) is 11.5 Å². The van der Waals surface area contributed by atoms with Gasteiger partial charge >= 0.3 is 0 Å². The van der Waals surface area contributed by atoms with Gasteiger partial charge in [-0.05, 0) is 25.0 Å². The van der Waals surface area contributed by atoms with E-state index in [0.29, 0.717) is 17.7 Å². The quantitative estimate of drug-likeness (QED) is 0.569. The van der Waals surface area contributed by atoms with Gasteiger partial charge in [0.1, 0.15) is 0 Å². The summed E-state index contributed by atoms with van der Waals surface area (Å²) in [4.78, 5) is 4.52. The van der Waals surface area contributed by atoms with Crippen LogP contribution in [0.3, 0.4) is 0 Å². The molecular formula is C19H25N5O2S. The highest BCUT2D eigenvalue weighted by Crippen LogP contribution is 2.36. The number of hydrogen-bond donors (Lipinski definition) is 0. The second-order valence-corrected chi connectivity index (χ2v) is 8.94. The molecule has 0 radical (unpaired) electrons. The zero-order chi connectivity index (χ0) is 18.9. The first-order chi connectivity index (χ1) is 13.0. The van der Waals surface area contributed by atoms with Crippen molar-refractivity contribution in [1.29, 1.82) is 0 Å². The fourth-order valence-electron chi connectivity index (χ4n) is 3.36. The molecule has 0 saturated heterocycles. The van der Waals surface area contributed by atoms with E-state index in [0.717, 1.165) is 35.4 Å². The maximum Gasteiger partial charge on any atom is 0.237 e. The van der Waals surface area contributed by atoms with E-state index in [1.54, 1.807) is 18.0 Å². The first-order valence-electron chi connectivity index (χ1n) is 9.47. The van der Waals surface area contributed by atoms with Crippen LogP contribution in [0.25, 0.3) is 11.6 Å². The number of aromatic nitrogens is 5. The highest BCUT2D eigenvalue weighted by atomic mass is 32.2. The Morgan fingerprint density at radius 3 is 2.67 bits per heavy atom. The molecule has 3 aromatic rings. The monoisotopic (exact) mass is 387 g/mol. The van der Waals surface area contributed by atoms with Gasteiger partial charge in [-0.15, -0.1) is 10.2 Å². The number of thioether (sulfide) groups is 1. The first kappa shape index (κ1) is 18.3. The van der Waals surface area contributed by atoms with Crippen LogP contribution in [-0.2, 0) is 11.2 Å². The minimum Gasteiger partial charge on any atom is -0.461 e. The average molecular weight is 388 g/mol. The van der Waals surface area contributed by atoms with Gasteiger partial charge in [-0.25, -0.2) is 0 Å². The first-order valence-corrected chi connectivity index (χ1v) is 10.5. The van der Waals surface area contributed by atoms with Gasteiger partial charge in [0.05, 0.1) is 12.0 Å². The van der Waals surface area contributed by atoms with Crippen molar-refractivity contribution in [2.45, 2.75) is 75.2 Å². The van der Waals surface area contributed by atoms with Gasteiger partial charge in [0.25, 0.3) is 0 Å². The van der Waals surface area contributed by atoms with Crippen LogP contribution in [-0.4, -0.2) is 24.9 Å². The molecule has 0 aliphatic heterocycles. The van der Waals surface area contributed by atoms with Gasteiger partial charge in [-0.1, -0.05) is 57.0 Å². The van der Waals surface area contributed by atoms with Crippen LogP contribution in [0, 0.1) is 0 Å². The van der Waals surface area contributed by atoms with E-state index >= 15 is 0 Å². The number of hydrogen-bond acceptors (Lipinski definition) is 7. The predicted molar refractivity (Wildman–Crippen MR) is 102 cm³/mol. The Labute approximate surface area is 162 Å². The molecule has 0 aromatic carbocycles. The summed E-state index contributed by atoms with van der Waals surface area (Å²) in [6.45, 7) is 6.22. The summed E-state index contributed by atoms with van der Waals surface area (Å²) in [5.74, 6) is 3.47. The maximum atomic E-state index is 5.59. The van der Waals surface area contributed by atoms with Gasteiger partial charge in [0.2, 0.25) is 11.7 Å². The SMILES string of the molecule is CC(C)(C)c1noc(CSc2nnc(-c3ccco3)n2C2CCCCC2)n1.